The molecule has 0 unspecified atom stereocenters. The number of carbonyl (C=O) groups excluding carboxylic acids is 1. The van der Waals surface area contributed by atoms with Gasteiger partial charge < -0.3 is 15.0 Å². The smallest absolute Gasteiger partial charge is 0.406 e. The third-order valence-corrected chi connectivity index (χ3v) is 3.44. The highest BCUT2D eigenvalue weighted by Crippen LogP contribution is 2.24. The van der Waals surface area contributed by atoms with Crippen LogP contribution in [-0.4, -0.2) is 46.3 Å². The van der Waals surface area contributed by atoms with Crippen LogP contribution in [0.25, 0.3) is 0 Å². The van der Waals surface area contributed by atoms with E-state index in [4.69, 9.17) is 0 Å². The van der Waals surface area contributed by atoms with Gasteiger partial charge in [-0.1, -0.05) is 0 Å². The quantitative estimate of drug-likeness (QED) is 0.927. The number of rotatable bonds is 4. The second-order valence-corrected chi connectivity index (χ2v) is 5.22. The van der Waals surface area contributed by atoms with Crippen molar-refractivity contribution in [3.8, 4) is 5.75 Å². The number of carbonyl (C=O) groups is 1. The number of hydrogen-bond acceptors (Lipinski definition) is 5. The van der Waals surface area contributed by atoms with Gasteiger partial charge in [-0.25, -0.2) is 9.97 Å². The standard InChI is InChI=1S/C15H13F3N4O2/c16-15(17,18)24-12-3-1-10(2-4-12)14(23)22-7-11(8-22)21-13-5-6-19-9-20-13/h1-6,9,11H,7-8H2,(H,19,20,21). The van der Waals surface area contributed by atoms with Crippen molar-refractivity contribution in [3.05, 3.63) is 48.4 Å². The highest BCUT2D eigenvalue weighted by Gasteiger charge is 2.32. The minimum absolute atomic E-state index is 0.0803. The summed E-state index contributed by atoms with van der Waals surface area (Å²) in [5.74, 6) is 0.0796. The Morgan fingerprint density at radius 2 is 1.92 bits per heavy atom. The van der Waals surface area contributed by atoms with Crippen molar-refractivity contribution in [2.45, 2.75) is 12.4 Å². The summed E-state index contributed by atoms with van der Waals surface area (Å²) in [6.45, 7) is 0.979. The maximum atomic E-state index is 12.2. The van der Waals surface area contributed by atoms with E-state index in [1.165, 1.54) is 18.5 Å². The summed E-state index contributed by atoms with van der Waals surface area (Å²) in [5, 5.41) is 3.16. The summed E-state index contributed by atoms with van der Waals surface area (Å²) in [4.78, 5) is 21.7. The second kappa shape index (κ2) is 6.34. The Balaban J connectivity index is 1.53. The average molecular weight is 338 g/mol. The van der Waals surface area contributed by atoms with Crippen LogP contribution in [0.3, 0.4) is 0 Å². The van der Waals surface area contributed by atoms with Gasteiger partial charge >= 0.3 is 6.36 Å². The highest BCUT2D eigenvalue weighted by molar-refractivity contribution is 5.95. The molecule has 6 nitrogen and oxygen atoms in total. The number of anilines is 1. The van der Waals surface area contributed by atoms with Crippen LogP contribution in [-0.2, 0) is 0 Å². The molecule has 24 heavy (non-hydrogen) atoms. The van der Waals surface area contributed by atoms with E-state index in [9.17, 15) is 18.0 Å². The number of benzene rings is 1. The summed E-state index contributed by atoms with van der Waals surface area (Å²) in [5.41, 5.74) is 0.310. The highest BCUT2D eigenvalue weighted by atomic mass is 19.4. The molecule has 1 saturated heterocycles. The average Bonchev–Trinajstić information content (AvgIpc) is 2.50. The van der Waals surface area contributed by atoms with Gasteiger partial charge in [0.25, 0.3) is 5.91 Å². The molecule has 0 aliphatic carbocycles. The van der Waals surface area contributed by atoms with E-state index < -0.39 is 6.36 Å². The predicted octanol–water partition coefficient (Wildman–Crippen LogP) is 2.31. The van der Waals surface area contributed by atoms with E-state index in [1.807, 2.05) is 0 Å². The van der Waals surface area contributed by atoms with Crippen molar-refractivity contribution in [3.63, 3.8) is 0 Å². The van der Waals surface area contributed by atoms with E-state index in [-0.39, 0.29) is 17.7 Å². The predicted molar refractivity (Wildman–Crippen MR) is 78.5 cm³/mol. The van der Waals surface area contributed by atoms with Crippen LogP contribution in [0.5, 0.6) is 5.75 Å². The largest absolute Gasteiger partial charge is 0.573 e. The molecule has 0 bridgehead atoms. The summed E-state index contributed by atoms with van der Waals surface area (Å²) < 4.78 is 40.1. The first-order valence-electron chi connectivity index (χ1n) is 7.08. The first-order valence-corrected chi connectivity index (χ1v) is 7.08. The summed E-state index contributed by atoms with van der Waals surface area (Å²) in [7, 11) is 0. The van der Waals surface area contributed by atoms with Crippen LogP contribution in [0, 0.1) is 0 Å². The fraction of sp³-hybridized carbons (Fsp3) is 0.267. The lowest BCUT2D eigenvalue weighted by Crippen LogP contribution is -2.57. The molecule has 1 N–H and O–H groups in total. The molecule has 0 saturated carbocycles. The summed E-state index contributed by atoms with van der Waals surface area (Å²) >= 11 is 0. The molecule has 1 aliphatic rings. The zero-order valence-corrected chi connectivity index (χ0v) is 12.3. The first-order chi connectivity index (χ1) is 11.4. The number of amides is 1. The number of aromatic nitrogens is 2. The lowest BCUT2D eigenvalue weighted by molar-refractivity contribution is -0.274. The Hall–Kier alpha value is -2.84. The molecule has 1 amide bonds. The van der Waals surface area contributed by atoms with Gasteiger partial charge in [-0.05, 0) is 30.3 Å². The fourth-order valence-corrected chi connectivity index (χ4v) is 2.30. The van der Waals surface area contributed by atoms with E-state index >= 15 is 0 Å². The topological polar surface area (TPSA) is 67.3 Å². The van der Waals surface area contributed by atoms with Gasteiger partial charge in [0.2, 0.25) is 0 Å². The monoisotopic (exact) mass is 338 g/mol. The maximum Gasteiger partial charge on any atom is 0.573 e. The molecule has 1 aromatic carbocycles. The molecule has 2 aromatic rings. The first kappa shape index (κ1) is 16.0. The molecule has 0 atom stereocenters. The van der Waals surface area contributed by atoms with Crippen molar-refractivity contribution in [1.29, 1.82) is 0 Å². The summed E-state index contributed by atoms with van der Waals surface area (Å²) in [6.07, 6.45) is -1.71. The van der Waals surface area contributed by atoms with Gasteiger partial charge in [-0.2, -0.15) is 0 Å². The number of nitrogens with one attached hydrogen (secondary N) is 1. The number of halogens is 3. The number of likely N-dealkylation sites (tertiary alicyclic amines) is 1. The molecular formula is C15H13F3N4O2. The molecular weight excluding hydrogens is 325 g/mol. The lowest BCUT2D eigenvalue weighted by atomic mass is 10.1. The van der Waals surface area contributed by atoms with Crippen molar-refractivity contribution in [2.24, 2.45) is 0 Å². The molecule has 1 fully saturated rings. The third kappa shape index (κ3) is 3.92. The molecule has 126 valence electrons. The number of nitrogens with zero attached hydrogens (tertiary/aromatic N) is 3. The number of hydrogen-bond donors (Lipinski definition) is 1. The molecule has 1 aliphatic heterocycles. The van der Waals surface area contributed by atoms with Crippen molar-refractivity contribution >= 4 is 11.7 Å². The van der Waals surface area contributed by atoms with Gasteiger partial charge in [-0.3, -0.25) is 4.79 Å². The Labute approximate surface area is 135 Å². The van der Waals surface area contributed by atoms with Crippen LogP contribution in [0.1, 0.15) is 10.4 Å². The lowest BCUT2D eigenvalue weighted by Gasteiger charge is -2.39. The van der Waals surface area contributed by atoms with E-state index in [1.54, 1.807) is 17.2 Å². The van der Waals surface area contributed by atoms with Gasteiger partial charge in [-0.15, -0.1) is 13.2 Å². The normalized spacial score (nSPS) is 14.9. The minimum atomic E-state index is -4.75. The van der Waals surface area contributed by atoms with E-state index in [0.717, 1.165) is 12.1 Å². The third-order valence-electron chi connectivity index (χ3n) is 3.44. The van der Waals surface area contributed by atoms with Gasteiger partial charge in [0.15, 0.2) is 0 Å². The zero-order chi connectivity index (χ0) is 17.2. The molecule has 2 heterocycles. The van der Waals surface area contributed by atoms with Crippen LogP contribution >= 0.6 is 0 Å². The Morgan fingerprint density at radius 3 is 2.50 bits per heavy atom. The Morgan fingerprint density at radius 1 is 1.21 bits per heavy atom. The number of ether oxygens (including phenoxy) is 1. The van der Waals surface area contributed by atoms with Crippen molar-refractivity contribution in [1.82, 2.24) is 14.9 Å². The zero-order valence-electron chi connectivity index (χ0n) is 12.3. The van der Waals surface area contributed by atoms with Crippen LogP contribution in [0.4, 0.5) is 19.0 Å². The fourth-order valence-electron chi connectivity index (χ4n) is 2.30. The Kier molecular flexibility index (Phi) is 4.24. The van der Waals surface area contributed by atoms with Crippen LogP contribution < -0.4 is 10.1 Å². The molecule has 3 rings (SSSR count). The molecule has 9 heteroatoms. The Bertz CT molecular complexity index is 701. The molecule has 0 spiro atoms. The second-order valence-electron chi connectivity index (χ2n) is 5.22. The van der Waals surface area contributed by atoms with Crippen molar-refractivity contribution < 1.29 is 22.7 Å². The molecule has 0 radical (unpaired) electrons. The van der Waals surface area contributed by atoms with Gasteiger partial charge in [0.05, 0.1) is 6.04 Å². The van der Waals surface area contributed by atoms with Gasteiger partial charge in [0.1, 0.15) is 17.9 Å². The summed E-state index contributed by atoms with van der Waals surface area (Å²) in [6, 6.07) is 6.68. The molecule has 1 aromatic heterocycles. The minimum Gasteiger partial charge on any atom is -0.406 e. The van der Waals surface area contributed by atoms with Crippen molar-refractivity contribution in [2.75, 3.05) is 18.4 Å². The van der Waals surface area contributed by atoms with Crippen LogP contribution in [0.2, 0.25) is 0 Å². The van der Waals surface area contributed by atoms with E-state index in [0.29, 0.717) is 24.5 Å². The maximum absolute atomic E-state index is 12.2. The van der Waals surface area contributed by atoms with E-state index in [2.05, 4.69) is 20.0 Å². The number of alkyl halides is 3. The SMILES string of the molecule is O=C(c1ccc(OC(F)(F)F)cc1)N1CC(Nc2ccncn2)C1. The van der Waals surface area contributed by atoms with Crippen LogP contribution in [0.15, 0.2) is 42.9 Å². The van der Waals surface area contributed by atoms with Gasteiger partial charge in [0, 0.05) is 24.8 Å².